The molecule has 4 heteroatoms. The average Bonchev–Trinajstić information content (AvgIpc) is 2.61. The van der Waals surface area contributed by atoms with Crippen molar-refractivity contribution >= 4 is 27.0 Å². The zero-order valence-electron chi connectivity index (χ0n) is 10.0. The molecule has 0 radical (unpaired) electrons. The lowest BCUT2D eigenvalue weighted by molar-refractivity contribution is 0.360. The SMILES string of the molecule is CC(C)C(CBr)Cn1c(=O)oc2ccccc21. The maximum atomic E-state index is 11.8. The lowest BCUT2D eigenvalue weighted by Gasteiger charge is -2.18. The van der Waals surface area contributed by atoms with Gasteiger partial charge in [0, 0.05) is 11.9 Å². The van der Waals surface area contributed by atoms with Crippen LogP contribution in [0.3, 0.4) is 0 Å². The van der Waals surface area contributed by atoms with E-state index < -0.39 is 0 Å². The summed E-state index contributed by atoms with van der Waals surface area (Å²) in [6.07, 6.45) is 0. The molecule has 2 rings (SSSR count). The van der Waals surface area contributed by atoms with Gasteiger partial charge in [-0.25, -0.2) is 4.79 Å². The number of para-hydroxylation sites is 2. The third-order valence-corrected chi connectivity index (χ3v) is 3.96. The molecule has 0 aliphatic rings. The maximum absolute atomic E-state index is 11.8. The van der Waals surface area contributed by atoms with Gasteiger partial charge in [0.25, 0.3) is 0 Å². The zero-order chi connectivity index (χ0) is 12.4. The van der Waals surface area contributed by atoms with Crippen molar-refractivity contribution in [2.75, 3.05) is 5.33 Å². The molecule has 0 saturated heterocycles. The van der Waals surface area contributed by atoms with Gasteiger partial charge in [-0.1, -0.05) is 41.9 Å². The number of rotatable bonds is 4. The van der Waals surface area contributed by atoms with E-state index in [0.717, 1.165) is 10.8 Å². The molecule has 2 aromatic rings. The van der Waals surface area contributed by atoms with E-state index in [9.17, 15) is 4.79 Å². The molecule has 1 atom stereocenters. The van der Waals surface area contributed by atoms with Gasteiger partial charge in [0.05, 0.1) is 5.52 Å². The quantitative estimate of drug-likeness (QED) is 0.812. The van der Waals surface area contributed by atoms with Crippen LogP contribution in [0.1, 0.15) is 13.8 Å². The fraction of sp³-hybridized carbons (Fsp3) is 0.462. The Morgan fingerprint density at radius 3 is 2.71 bits per heavy atom. The summed E-state index contributed by atoms with van der Waals surface area (Å²) >= 11 is 3.50. The van der Waals surface area contributed by atoms with E-state index in [1.165, 1.54) is 0 Å². The minimum Gasteiger partial charge on any atom is -0.408 e. The summed E-state index contributed by atoms with van der Waals surface area (Å²) in [7, 11) is 0. The standard InChI is InChI=1S/C13H16BrNO2/c1-9(2)10(7-14)8-15-11-5-3-4-6-12(11)17-13(15)16/h3-6,9-10H,7-8H2,1-2H3. The molecule has 0 saturated carbocycles. The molecule has 1 aromatic heterocycles. The predicted octanol–water partition coefficient (Wildman–Crippen LogP) is 3.26. The fourth-order valence-corrected chi connectivity index (χ4v) is 2.81. The Morgan fingerprint density at radius 2 is 2.06 bits per heavy atom. The van der Waals surface area contributed by atoms with Crippen LogP contribution < -0.4 is 5.76 Å². The van der Waals surface area contributed by atoms with E-state index in [4.69, 9.17) is 4.42 Å². The van der Waals surface area contributed by atoms with Crippen molar-refractivity contribution in [3.63, 3.8) is 0 Å². The van der Waals surface area contributed by atoms with E-state index in [1.807, 2.05) is 24.3 Å². The number of hydrogen-bond acceptors (Lipinski definition) is 2. The van der Waals surface area contributed by atoms with Gasteiger partial charge in [-0.2, -0.15) is 0 Å². The van der Waals surface area contributed by atoms with Gasteiger partial charge < -0.3 is 4.42 Å². The number of benzene rings is 1. The first kappa shape index (κ1) is 12.4. The average molecular weight is 298 g/mol. The predicted molar refractivity (Wildman–Crippen MR) is 72.6 cm³/mol. The largest absolute Gasteiger partial charge is 0.419 e. The Bertz CT molecular complexity index is 556. The van der Waals surface area contributed by atoms with Gasteiger partial charge in [0.1, 0.15) is 0 Å². The molecule has 0 bridgehead atoms. The molecule has 1 unspecified atom stereocenters. The van der Waals surface area contributed by atoms with Crippen LogP contribution in [-0.4, -0.2) is 9.90 Å². The number of aromatic nitrogens is 1. The Hall–Kier alpha value is -1.03. The van der Waals surface area contributed by atoms with E-state index in [1.54, 1.807) is 4.57 Å². The number of hydrogen-bond donors (Lipinski definition) is 0. The molecule has 0 amide bonds. The highest BCUT2D eigenvalue weighted by Gasteiger charge is 2.16. The Labute approximate surface area is 109 Å². The minimum atomic E-state index is -0.266. The van der Waals surface area contributed by atoms with Gasteiger partial charge in [-0.15, -0.1) is 0 Å². The van der Waals surface area contributed by atoms with E-state index in [2.05, 4.69) is 29.8 Å². The van der Waals surface area contributed by atoms with Crippen molar-refractivity contribution in [1.82, 2.24) is 4.57 Å². The van der Waals surface area contributed by atoms with Crippen LogP contribution in [0, 0.1) is 11.8 Å². The highest BCUT2D eigenvalue weighted by atomic mass is 79.9. The van der Waals surface area contributed by atoms with Crippen LogP contribution >= 0.6 is 15.9 Å². The van der Waals surface area contributed by atoms with Gasteiger partial charge in [-0.05, 0) is 24.0 Å². The van der Waals surface area contributed by atoms with Gasteiger partial charge in [0.2, 0.25) is 0 Å². The normalized spacial score (nSPS) is 13.4. The first-order valence-corrected chi connectivity index (χ1v) is 6.90. The fourth-order valence-electron chi connectivity index (χ4n) is 1.86. The summed E-state index contributed by atoms with van der Waals surface area (Å²) in [5, 5.41) is 0.886. The van der Waals surface area contributed by atoms with Gasteiger partial charge >= 0.3 is 5.76 Å². The lowest BCUT2D eigenvalue weighted by atomic mass is 9.98. The molecule has 1 heterocycles. The molecule has 17 heavy (non-hydrogen) atoms. The highest BCUT2D eigenvalue weighted by Crippen LogP contribution is 2.19. The molecule has 3 nitrogen and oxygen atoms in total. The number of alkyl halides is 1. The van der Waals surface area contributed by atoms with Gasteiger partial charge in [-0.3, -0.25) is 4.57 Å². The van der Waals surface area contributed by atoms with Crippen molar-refractivity contribution in [2.24, 2.45) is 11.8 Å². The Kier molecular flexibility index (Phi) is 3.72. The molecule has 0 fully saturated rings. The molecule has 1 aromatic carbocycles. The Morgan fingerprint density at radius 1 is 1.35 bits per heavy atom. The highest BCUT2D eigenvalue weighted by molar-refractivity contribution is 9.09. The molecule has 0 N–H and O–H groups in total. The number of oxazole rings is 1. The first-order chi connectivity index (χ1) is 8.13. The van der Waals surface area contributed by atoms with E-state index in [0.29, 0.717) is 24.0 Å². The Balaban J connectivity index is 2.41. The first-order valence-electron chi connectivity index (χ1n) is 5.77. The maximum Gasteiger partial charge on any atom is 0.419 e. The summed E-state index contributed by atoms with van der Waals surface area (Å²) in [5.74, 6) is 0.682. The second kappa shape index (κ2) is 5.08. The van der Waals surface area contributed by atoms with Crippen LogP contribution in [-0.2, 0) is 6.54 Å². The molecule has 92 valence electrons. The van der Waals surface area contributed by atoms with Crippen molar-refractivity contribution in [3.8, 4) is 0 Å². The smallest absolute Gasteiger partial charge is 0.408 e. The summed E-state index contributed by atoms with van der Waals surface area (Å²) in [6, 6.07) is 7.55. The summed E-state index contributed by atoms with van der Waals surface area (Å²) in [6.45, 7) is 5.03. The molecular formula is C13H16BrNO2. The van der Waals surface area contributed by atoms with Crippen molar-refractivity contribution < 1.29 is 4.42 Å². The molecule has 0 spiro atoms. The summed E-state index contributed by atoms with van der Waals surface area (Å²) in [5.41, 5.74) is 1.54. The van der Waals surface area contributed by atoms with Crippen LogP contribution in [0.15, 0.2) is 33.5 Å². The van der Waals surface area contributed by atoms with Crippen molar-refractivity contribution in [1.29, 1.82) is 0 Å². The third-order valence-electron chi connectivity index (χ3n) is 3.13. The topological polar surface area (TPSA) is 35.1 Å². The second-order valence-electron chi connectivity index (χ2n) is 4.60. The number of nitrogens with zero attached hydrogens (tertiary/aromatic N) is 1. The lowest BCUT2D eigenvalue weighted by Crippen LogP contribution is -2.24. The number of halogens is 1. The van der Waals surface area contributed by atoms with Crippen LogP contribution in [0.2, 0.25) is 0 Å². The van der Waals surface area contributed by atoms with Crippen molar-refractivity contribution in [2.45, 2.75) is 20.4 Å². The summed E-state index contributed by atoms with van der Waals surface area (Å²) < 4.78 is 6.94. The van der Waals surface area contributed by atoms with Crippen molar-refractivity contribution in [3.05, 3.63) is 34.8 Å². The third kappa shape index (κ3) is 2.46. The zero-order valence-corrected chi connectivity index (χ0v) is 11.6. The molecule has 0 aliphatic carbocycles. The van der Waals surface area contributed by atoms with Crippen LogP contribution in [0.5, 0.6) is 0 Å². The van der Waals surface area contributed by atoms with Gasteiger partial charge in [0.15, 0.2) is 5.58 Å². The van der Waals surface area contributed by atoms with E-state index in [-0.39, 0.29) is 5.76 Å². The second-order valence-corrected chi connectivity index (χ2v) is 5.25. The summed E-state index contributed by atoms with van der Waals surface area (Å²) in [4.78, 5) is 11.8. The molecule has 0 aliphatic heterocycles. The monoisotopic (exact) mass is 297 g/mol. The van der Waals surface area contributed by atoms with E-state index >= 15 is 0 Å². The van der Waals surface area contributed by atoms with Crippen LogP contribution in [0.25, 0.3) is 11.1 Å². The minimum absolute atomic E-state index is 0.266. The molecular weight excluding hydrogens is 282 g/mol. The van der Waals surface area contributed by atoms with Crippen LogP contribution in [0.4, 0.5) is 0 Å². The number of fused-ring (bicyclic) bond motifs is 1.